The van der Waals surface area contributed by atoms with Crippen molar-refractivity contribution in [3.8, 4) is 0 Å². The van der Waals surface area contributed by atoms with Gasteiger partial charge in [0.1, 0.15) is 0 Å². The van der Waals surface area contributed by atoms with Gasteiger partial charge in [-0.15, -0.1) is 0 Å². The molecule has 0 bridgehead atoms. The SMILES string of the molecule is O=S(=O)(c1ccccc1Br)N1CCCN(CCO)CC1. The van der Waals surface area contributed by atoms with E-state index in [1.165, 1.54) is 4.31 Å². The largest absolute Gasteiger partial charge is 0.395 e. The summed E-state index contributed by atoms with van der Waals surface area (Å²) in [6.07, 6.45) is 0.781. The Morgan fingerprint density at radius 1 is 1.15 bits per heavy atom. The fourth-order valence-corrected chi connectivity index (χ4v) is 4.78. The van der Waals surface area contributed by atoms with Crippen LogP contribution >= 0.6 is 15.9 Å². The smallest absolute Gasteiger partial charge is 0.244 e. The number of aliphatic hydroxyl groups excluding tert-OH is 1. The van der Waals surface area contributed by atoms with Crippen molar-refractivity contribution in [3.63, 3.8) is 0 Å². The molecule has 0 unspecified atom stereocenters. The fourth-order valence-electron chi connectivity index (χ4n) is 2.35. The van der Waals surface area contributed by atoms with E-state index in [9.17, 15) is 8.42 Å². The lowest BCUT2D eigenvalue weighted by Crippen LogP contribution is -2.36. The van der Waals surface area contributed by atoms with E-state index in [0.29, 0.717) is 35.5 Å². The Hall–Kier alpha value is -0.470. The van der Waals surface area contributed by atoms with Gasteiger partial charge in [-0.1, -0.05) is 12.1 Å². The molecule has 0 aliphatic carbocycles. The third-order valence-electron chi connectivity index (χ3n) is 3.42. The zero-order valence-electron chi connectivity index (χ0n) is 11.2. The summed E-state index contributed by atoms with van der Waals surface area (Å²) in [5, 5.41) is 8.97. The van der Waals surface area contributed by atoms with E-state index in [2.05, 4.69) is 20.8 Å². The first-order valence-electron chi connectivity index (χ1n) is 6.63. The summed E-state index contributed by atoms with van der Waals surface area (Å²) >= 11 is 3.31. The maximum absolute atomic E-state index is 12.7. The summed E-state index contributed by atoms with van der Waals surface area (Å²) in [6, 6.07) is 6.89. The first kappa shape index (κ1) is 15.9. The molecule has 1 aliphatic heterocycles. The second-order valence-electron chi connectivity index (χ2n) is 4.75. The van der Waals surface area contributed by atoms with Crippen molar-refractivity contribution in [1.29, 1.82) is 0 Å². The quantitative estimate of drug-likeness (QED) is 0.872. The summed E-state index contributed by atoms with van der Waals surface area (Å²) in [7, 11) is -3.46. The van der Waals surface area contributed by atoms with Gasteiger partial charge in [-0.3, -0.25) is 4.90 Å². The molecule has 1 saturated heterocycles. The van der Waals surface area contributed by atoms with E-state index >= 15 is 0 Å². The molecule has 0 radical (unpaired) electrons. The number of nitrogens with zero attached hydrogens (tertiary/aromatic N) is 2. The van der Waals surface area contributed by atoms with Gasteiger partial charge in [0.25, 0.3) is 0 Å². The van der Waals surface area contributed by atoms with Crippen LogP contribution in [-0.2, 0) is 10.0 Å². The Balaban J connectivity index is 2.16. The van der Waals surface area contributed by atoms with Gasteiger partial charge in [-0.2, -0.15) is 4.31 Å². The zero-order valence-corrected chi connectivity index (χ0v) is 13.6. The highest BCUT2D eigenvalue weighted by molar-refractivity contribution is 9.10. The van der Waals surface area contributed by atoms with Crippen LogP contribution < -0.4 is 0 Å². The summed E-state index contributed by atoms with van der Waals surface area (Å²) in [5.41, 5.74) is 0. The highest BCUT2D eigenvalue weighted by Gasteiger charge is 2.28. The van der Waals surface area contributed by atoms with Crippen molar-refractivity contribution in [3.05, 3.63) is 28.7 Å². The maximum atomic E-state index is 12.7. The number of aliphatic hydroxyl groups is 1. The molecule has 1 N–H and O–H groups in total. The minimum atomic E-state index is -3.46. The molecule has 1 fully saturated rings. The van der Waals surface area contributed by atoms with Crippen LogP contribution in [-0.4, -0.2) is 62.1 Å². The van der Waals surface area contributed by atoms with Crippen LogP contribution in [0.15, 0.2) is 33.6 Å². The Kier molecular flexibility index (Phi) is 5.57. The molecule has 5 nitrogen and oxygen atoms in total. The summed E-state index contributed by atoms with van der Waals surface area (Å²) < 4.78 is 27.4. The van der Waals surface area contributed by atoms with Gasteiger partial charge >= 0.3 is 0 Å². The molecule has 0 amide bonds. The van der Waals surface area contributed by atoms with Crippen LogP contribution in [0.2, 0.25) is 0 Å². The van der Waals surface area contributed by atoms with E-state index in [-0.39, 0.29) is 6.61 Å². The van der Waals surface area contributed by atoms with Crippen LogP contribution in [0, 0.1) is 0 Å². The van der Waals surface area contributed by atoms with E-state index in [0.717, 1.165) is 13.0 Å². The standard InChI is InChI=1S/C13H19BrN2O3S/c14-12-4-1-2-5-13(12)20(18,19)16-7-3-6-15(8-9-16)10-11-17/h1-2,4-5,17H,3,6-11H2. The number of rotatable bonds is 4. The maximum Gasteiger partial charge on any atom is 0.244 e. The summed E-state index contributed by atoms with van der Waals surface area (Å²) in [5.74, 6) is 0. The van der Waals surface area contributed by atoms with E-state index in [4.69, 9.17) is 5.11 Å². The zero-order chi connectivity index (χ0) is 14.6. The van der Waals surface area contributed by atoms with Gasteiger partial charge in [0.05, 0.1) is 11.5 Å². The van der Waals surface area contributed by atoms with Crippen LogP contribution in [0.1, 0.15) is 6.42 Å². The predicted octanol–water partition coefficient (Wildman–Crippen LogP) is 1.14. The lowest BCUT2D eigenvalue weighted by molar-refractivity contribution is 0.202. The molecule has 2 rings (SSSR count). The minimum absolute atomic E-state index is 0.108. The van der Waals surface area contributed by atoms with Crippen molar-refractivity contribution in [2.75, 3.05) is 39.3 Å². The molecule has 1 aromatic carbocycles. The van der Waals surface area contributed by atoms with E-state index < -0.39 is 10.0 Å². The van der Waals surface area contributed by atoms with Crippen molar-refractivity contribution in [1.82, 2.24) is 9.21 Å². The summed E-state index contributed by atoms with van der Waals surface area (Å²) in [4.78, 5) is 2.41. The summed E-state index contributed by atoms with van der Waals surface area (Å²) in [6.45, 7) is 3.17. The molecule has 1 aromatic rings. The second-order valence-corrected chi connectivity index (χ2v) is 7.51. The number of hydrogen-bond donors (Lipinski definition) is 1. The minimum Gasteiger partial charge on any atom is -0.395 e. The Morgan fingerprint density at radius 2 is 1.90 bits per heavy atom. The number of β-amino-alcohol motifs (C(OH)–C–C–N with tert-alkyl or cyclic N) is 1. The number of hydrogen-bond acceptors (Lipinski definition) is 4. The average molecular weight is 363 g/mol. The van der Waals surface area contributed by atoms with Crippen molar-refractivity contribution in [2.24, 2.45) is 0 Å². The average Bonchev–Trinajstić information content (AvgIpc) is 2.65. The Morgan fingerprint density at radius 3 is 2.60 bits per heavy atom. The monoisotopic (exact) mass is 362 g/mol. The van der Waals surface area contributed by atoms with E-state index in [1.54, 1.807) is 24.3 Å². The molecule has 0 atom stereocenters. The molecule has 7 heteroatoms. The molecular weight excluding hydrogens is 344 g/mol. The Bertz CT molecular complexity index is 550. The van der Waals surface area contributed by atoms with Crippen molar-refractivity contribution < 1.29 is 13.5 Å². The second kappa shape index (κ2) is 7.00. The van der Waals surface area contributed by atoms with Gasteiger partial charge in [-0.25, -0.2) is 8.42 Å². The van der Waals surface area contributed by atoms with E-state index in [1.807, 2.05) is 0 Å². The van der Waals surface area contributed by atoms with Crippen LogP contribution in [0.5, 0.6) is 0 Å². The first-order chi connectivity index (χ1) is 9.55. The molecule has 1 heterocycles. The van der Waals surface area contributed by atoms with Crippen molar-refractivity contribution >= 4 is 26.0 Å². The third-order valence-corrected chi connectivity index (χ3v) is 6.33. The van der Waals surface area contributed by atoms with Crippen LogP contribution in [0.25, 0.3) is 0 Å². The molecule has 0 aromatic heterocycles. The normalized spacial score (nSPS) is 18.9. The third kappa shape index (κ3) is 3.59. The van der Waals surface area contributed by atoms with Gasteiger partial charge in [0.15, 0.2) is 0 Å². The lowest BCUT2D eigenvalue weighted by atomic mass is 10.4. The highest BCUT2D eigenvalue weighted by atomic mass is 79.9. The van der Waals surface area contributed by atoms with Gasteiger partial charge in [0, 0.05) is 30.7 Å². The lowest BCUT2D eigenvalue weighted by Gasteiger charge is -2.21. The topological polar surface area (TPSA) is 60.9 Å². The molecule has 0 spiro atoms. The molecule has 112 valence electrons. The number of halogens is 1. The van der Waals surface area contributed by atoms with Crippen LogP contribution in [0.4, 0.5) is 0 Å². The van der Waals surface area contributed by atoms with Crippen molar-refractivity contribution in [2.45, 2.75) is 11.3 Å². The fraction of sp³-hybridized carbons (Fsp3) is 0.538. The highest BCUT2D eigenvalue weighted by Crippen LogP contribution is 2.25. The molecule has 20 heavy (non-hydrogen) atoms. The first-order valence-corrected chi connectivity index (χ1v) is 8.87. The molecular formula is C13H19BrN2O3S. The number of benzene rings is 1. The van der Waals surface area contributed by atoms with Gasteiger partial charge < -0.3 is 5.11 Å². The predicted molar refractivity (Wildman–Crippen MR) is 81.0 cm³/mol. The molecule has 1 aliphatic rings. The van der Waals surface area contributed by atoms with Crippen LogP contribution in [0.3, 0.4) is 0 Å². The molecule has 0 saturated carbocycles. The van der Waals surface area contributed by atoms with Gasteiger partial charge in [-0.05, 0) is 41.0 Å². The van der Waals surface area contributed by atoms with Gasteiger partial charge in [0.2, 0.25) is 10.0 Å². The Labute approximate surface area is 128 Å². The number of sulfonamides is 1.